The van der Waals surface area contributed by atoms with Gasteiger partial charge >= 0.3 is 0 Å². The van der Waals surface area contributed by atoms with Crippen molar-refractivity contribution in [1.82, 2.24) is 20.9 Å². The van der Waals surface area contributed by atoms with Crippen molar-refractivity contribution in [3.63, 3.8) is 0 Å². The number of hydrogen-bond acceptors (Lipinski definition) is 5. The second-order valence-corrected chi connectivity index (χ2v) is 5.72. The minimum atomic E-state index is -0.482. The number of benzene rings is 2. The van der Waals surface area contributed by atoms with Crippen LogP contribution in [0.4, 0.5) is 4.39 Å². The van der Waals surface area contributed by atoms with Crippen molar-refractivity contribution >= 4 is 34.4 Å². The molecule has 9 heteroatoms. The molecule has 0 atom stereocenters. The second kappa shape index (κ2) is 7.92. The van der Waals surface area contributed by atoms with Crippen LogP contribution in [0.5, 0.6) is 0 Å². The fraction of sp³-hybridized carbons (Fsp3) is 0.176. The summed E-state index contributed by atoms with van der Waals surface area (Å²) >= 11 is 5.38. The maximum Gasteiger partial charge on any atom is 0.253 e. The van der Waals surface area contributed by atoms with Gasteiger partial charge in [-0.25, -0.2) is 9.02 Å². The highest BCUT2D eigenvalue weighted by molar-refractivity contribution is 6.27. The van der Waals surface area contributed by atoms with E-state index in [2.05, 4.69) is 25.6 Å². The van der Waals surface area contributed by atoms with Crippen LogP contribution in [0.3, 0.4) is 0 Å². The fourth-order valence-electron chi connectivity index (χ4n) is 2.35. The van der Waals surface area contributed by atoms with E-state index in [1.54, 1.807) is 30.3 Å². The van der Waals surface area contributed by atoms with Gasteiger partial charge in [0.15, 0.2) is 0 Å². The smallest absolute Gasteiger partial charge is 0.253 e. The zero-order chi connectivity index (χ0) is 18.5. The van der Waals surface area contributed by atoms with Crippen molar-refractivity contribution in [3.8, 4) is 0 Å². The third-order valence-corrected chi connectivity index (χ3v) is 3.94. The minimum Gasteiger partial charge on any atom is -0.351 e. The van der Waals surface area contributed by atoms with Gasteiger partial charge in [0, 0.05) is 18.7 Å². The van der Waals surface area contributed by atoms with Gasteiger partial charge in [-0.1, -0.05) is 18.2 Å². The molecule has 0 bridgehead atoms. The predicted octanol–water partition coefficient (Wildman–Crippen LogP) is 2.15. The monoisotopic (exact) mass is 376 g/mol. The van der Waals surface area contributed by atoms with E-state index in [0.29, 0.717) is 27.7 Å². The molecule has 0 fully saturated rings. The number of hydrogen-bond donors (Lipinski definition) is 2. The summed E-state index contributed by atoms with van der Waals surface area (Å²) in [5, 5.41) is 12.6. The number of alkyl halides is 1. The average molecular weight is 377 g/mol. The Morgan fingerprint density at radius 2 is 1.96 bits per heavy atom. The Hall–Kier alpha value is -3.00. The molecule has 7 nitrogen and oxygen atoms in total. The summed E-state index contributed by atoms with van der Waals surface area (Å²) < 4.78 is 18.8. The fourth-order valence-corrected chi connectivity index (χ4v) is 2.45. The standard InChI is InChI=1S/C17H14ClFN4O3/c18-7-15(24)20-8-10-4-5-11(13(19)6-10)9-21-17(25)12-2-1-3-14-16(12)23-26-22-14/h1-6H,7-9H2,(H,20,24)(H,21,25). The Kier molecular flexibility index (Phi) is 5.43. The topological polar surface area (TPSA) is 97.1 Å². The normalized spacial score (nSPS) is 10.7. The molecule has 0 unspecified atom stereocenters. The van der Waals surface area contributed by atoms with Crippen LogP contribution in [-0.2, 0) is 17.9 Å². The summed E-state index contributed by atoms with van der Waals surface area (Å²) in [5.74, 6) is -1.38. The summed E-state index contributed by atoms with van der Waals surface area (Å²) in [6.07, 6.45) is 0. The highest BCUT2D eigenvalue weighted by Gasteiger charge is 2.14. The summed E-state index contributed by atoms with van der Waals surface area (Å²) in [5.41, 5.74) is 2.01. The molecule has 1 aromatic heterocycles. The third-order valence-electron chi connectivity index (χ3n) is 3.70. The molecule has 0 radical (unpaired) electrons. The molecule has 0 aliphatic rings. The minimum absolute atomic E-state index is 0.000648. The average Bonchev–Trinajstić information content (AvgIpc) is 3.13. The molecule has 2 amide bonds. The predicted molar refractivity (Wildman–Crippen MR) is 91.9 cm³/mol. The molecule has 3 aromatic rings. The zero-order valence-electron chi connectivity index (χ0n) is 13.5. The Balaban J connectivity index is 1.65. The van der Waals surface area contributed by atoms with Gasteiger partial charge in [-0.05, 0) is 34.1 Å². The summed E-state index contributed by atoms with van der Waals surface area (Å²) in [7, 11) is 0. The van der Waals surface area contributed by atoms with Crippen molar-refractivity contribution in [2.45, 2.75) is 13.1 Å². The van der Waals surface area contributed by atoms with Crippen LogP contribution < -0.4 is 10.6 Å². The molecule has 2 N–H and O–H groups in total. The molecule has 0 aliphatic heterocycles. The van der Waals surface area contributed by atoms with E-state index < -0.39 is 11.7 Å². The van der Waals surface area contributed by atoms with E-state index in [4.69, 9.17) is 11.6 Å². The highest BCUT2D eigenvalue weighted by atomic mass is 35.5. The van der Waals surface area contributed by atoms with Crippen molar-refractivity contribution in [2.75, 3.05) is 5.88 Å². The highest BCUT2D eigenvalue weighted by Crippen LogP contribution is 2.15. The number of carbonyl (C=O) groups excluding carboxylic acids is 2. The number of nitrogens with zero attached hydrogens (tertiary/aromatic N) is 2. The van der Waals surface area contributed by atoms with Crippen molar-refractivity contribution in [1.29, 1.82) is 0 Å². The Morgan fingerprint density at radius 1 is 1.12 bits per heavy atom. The number of rotatable bonds is 6. The molecule has 2 aromatic carbocycles. The van der Waals surface area contributed by atoms with Crippen molar-refractivity contribution < 1.29 is 18.6 Å². The van der Waals surface area contributed by atoms with Crippen LogP contribution >= 0.6 is 11.6 Å². The van der Waals surface area contributed by atoms with Gasteiger partial charge in [0.25, 0.3) is 5.91 Å². The van der Waals surface area contributed by atoms with Crippen molar-refractivity contribution in [2.24, 2.45) is 0 Å². The number of nitrogens with one attached hydrogen (secondary N) is 2. The molecule has 0 spiro atoms. The first kappa shape index (κ1) is 17.8. The van der Waals surface area contributed by atoms with E-state index >= 15 is 0 Å². The van der Waals surface area contributed by atoms with Crippen LogP contribution in [-0.4, -0.2) is 28.0 Å². The summed E-state index contributed by atoms with van der Waals surface area (Å²) in [6, 6.07) is 9.44. The van der Waals surface area contributed by atoms with Gasteiger partial charge in [-0.15, -0.1) is 11.6 Å². The van der Waals surface area contributed by atoms with Gasteiger partial charge in [0.2, 0.25) is 5.91 Å². The lowest BCUT2D eigenvalue weighted by Gasteiger charge is -2.09. The second-order valence-electron chi connectivity index (χ2n) is 5.46. The molecule has 0 saturated heterocycles. The number of aromatic nitrogens is 2. The van der Waals surface area contributed by atoms with E-state index in [1.165, 1.54) is 6.07 Å². The van der Waals surface area contributed by atoms with Gasteiger partial charge in [0.05, 0.1) is 5.56 Å². The maximum absolute atomic E-state index is 14.2. The zero-order valence-corrected chi connectivity index (χ0v) is 14.2. The lowest BCUT2D eigenvalue weighted by atomic mass is 10.1. The number of amides is 2. The Morgan fingerprint density at radius 3 is 2.73 bits per heavy atom. The van der Waals surface area contributed by atoms with Gasteiger partial charge in [0.1, 0.15) is 22.7 Å². The van der Waals surface area contributed by atoms with Crippen molar-refractivity contribution in [3.05, 3.63) is 58.9 Å². The lowest BCUT2D eigenvalue weighted by Crippen LogP contribution is -2.24. The van der Waals surface area contributed by atoms with E-state index in [9.17, 15) is 14.0 Å². The molecule has 134 valence electrons. The molecule has 26 heavy (non-hydrogen) atoms. The van der Waals surface area contributed by atoms with Crippen LogP contribution in [0.15, 0.2) is 41.0 Å². The van der Waals surface area contributed by atoms with E-state index in [-0.39, 0.29) is 24.9 Å². The van der Waals surface area contributed by atoms with Gasteiger partial charge in [-0.3, -0.25) is 9.59 Å². The Bertz CT molecular complexity index is 960. The first-order chi connectivity index (χ1) is 12.6. The molecular formula is C17H14ClFN4O3. The summed E-state index contributed by atoms with van der Waals surface area (Å²) in [6.45, 7) is 0.178. The van der Waals surface area contributed by atoms with Gasteiger partial charge in [-0.2, -0.15) is 0 Å². The van der Waals surface area contributed by atoms with E-state index in [0.717, 1.165) is 0 Å². The largest absolute Gasteiger partial charge is 0.351 e. The summed E-state index contributed by atoms with van der Waals surface area (Å²) in [4.78, 5) is 23.4. The van der Waals surface area contributed by atoms with E-state index in [1.807, 2.05) is 0 Å². The first-order valence-electron chi connectivity index (χ1n) is 7.68. The molecule has 3 rings (SSSR count). The maximum atomic E-state index is 14.2. The number of carbonyl (C=O) groups is 2. The molecule has 0 saturated carbocycles. The first-order valence-corrected chi connectivity index (χ1v) is 8.21. The molecule has 0 aliphatic carbocycles. The van der Waals surface area contributed by atoms with Crippen LogP contribution in [0.2, 0.25) is 0 Å². The van der Waals surface area contributed by atoms with Crippen LogP contribution in [0, 0.1) is 5.82 Å². The number of fused-ring (bicyclic) bond motifs is 1. The molecular weight excluding hydrogens is 363 g/mol. The Labute approximate surface area is 152 Å². The van der Waals surface area contributed by atoms with Crippen LogP contribution in [0.25, 0.3) is 11.0 Å². The quantitative estimate of drug-likeness (QED) is 0.642. The lowest BCUT2D eigenvalue weighted by molar-refractivity contribution is -0.118. The number of halogens is 2. The SMILES string of the molecule is O=C(CCl)NCc1ccc(CNC(=O)c2cccc3nonc23)c(F)c1. The third kappa shape index (κ3) is 3.97. The molecule has 1 heterocycles. The van der Waals surface area contributed by atoms with Crippen LogP contribution in [0.1, 0.15) is 21.5 Å². The van der Waals surface area contributed by atoms with Gasteiger partial charge < -0.3 is 10.6 Å².